The molecule has 1 atom stereocenters. The number of aryl methyl sites for hydroxylation is 1. The van der Waals surface area contributed by atoms with Crippen molar-refractivity contribution in [1.82, 2.24) is 10.1 Å². The van der Waals surface area contributed by atoms with Gasteiger partial charge in [-0.05, 0) is 26.3 Å². The van der Waals surface area contributed by atoms with Gasteiger partial charge in [-0.3, -0.25) is 0 Å². The third-order valence-corrected chi connectivity index (χ3v) is 2.78. The molecule has 2 aromatic heterocycles. The Morgan fingerprint density at radius 3 is 2.82 bits per heavy atom. The molecule has 2 aromatic rings. The van der Waals surface area contributed by atoms with Gasteiger partial charge in [-0.2, -0.15) is 4.98 Å². The lowest BCUT2D eigenvalue weighted by Gasteiger charge is -2.18. The van der Waals surface area contributed by atoms with Crippen molar-refractivity contribution >= 4 is 0 Å². The lowest BCUT2D eigenvalue weighted by atomic mass is 9.98. The summed E-state index contributed by atoms with van der Waals surface area (Å²) >= 11 is 0. The van der Waals surface area contributed by atoms with Gasteiger partial charge in [0.25, 0.3) is 0 Å². The van der Waals surface area contributed by atoms with Crippen molar-refractivity contribution in [1.29, 1.82) is 0 Å². The Labute approximate surface area is 100.0 Å². The Balaban J connectivity index is 2.31. The molecular weight excluding hydrogens is 218 g/mol. The highest BCUT2D eigenvalue weighted by Crippen LogP contribution is 2.26. The number of nitrogens with two attached hydrogens (primary N) is 1. The average Bonchev–Trinajstić information content (AvgIpc) is 2.85. The Kier molecular flexibility index (Phi) is 3.02. The van der Waals surface area contributed by atoms with Gasteiger partial charge in [0.1, 0.15) is 5.76 Å². The Bertz CT molecular complexity index is 499. The topological polar surface area (TPSA) is 78.1 Å². The fourth-order valence-electron chi connectivity index (χ4n) is 1.81. The van der Waals surface area contributed by atoms with Crippen LogP contribution in [-0.2, 0) is 5.54 Å². The quantitative estimate of drug-likeness (QED) is 0.881. The number of nitrogens with zero attached hydrogens (tertiary/aromatic N) is 2. The number of furan rings is 1. The normalized spacial score (nSPS) is 14.8. The number of hydrogen-bond donors (Lipinski definition) is 1. The monoisotopic (exact) mass is 235 g/mol. The molecule has 0 saturated carbocycles. The third kappa shape index (κ3) is 2.24. The van der Waals surface area contributed by atoms with E-state index in [2.05, 4.69) is 17.1 Å². The highest BCUT2D eigenvalue weighted by molar-refractivity contribution is 5.56. The highest BCUT2D eigenvalue weighted by Gasteiger charge is 2.28. The van der Waals surface area contributed by atoms with Crippen LogP contribution < -0.4 is 5.73 Å². The third-order valence-electron chi connectivity index (χ3n) is 2.78. The van der Waals surface area contributed by atoms with Crippen LogP contribution in [0.5, 0.6) is 0 Å². The first-order valence-electron chi connectivity index (χ1n) is 5.72. The maximum atomic E-state index is 6.13. The molecule has 0 aromatic carbocycles. The first kappa shape index (κ1) is 11.9. The number of aromatic nitrogens is 2. The lowest BCUT2D eigenvalue weighted by Crippen LogP contribution is -2.33. The van der Waals surface area contributed by atoms with Crippen LogP contribution in [0, 0.1) is 6.92 Å². The molecule has 1 unspecified atom stereocenters. The van der Waals surface area contributed by atoms with Gasteiger partial charge >= 0.3 is 0 Å². The SMILES string of the molecule is CCCC(C)(N)c1nc(-c2ccoc2C)no1. The average molecular weight is 235 g/mol. The van der Waals surface area contributed by atoms with E-state index in [1.165, 1.54) is 0 Å². The minimum absolute atomic E-state index is 0.468. The molecule has 0 saturated heterocycles. The smallest absolute Gasteiger partial charge is 0.246 e. The standard InChI is InChI=1S/C12H17N3O2/c1-4-6-12(3,13)11-14-10(15-17-11)9-5-7-16-8(9)2/h5,7H,4,6,13H2,1-3H3. The number of hydrogen-bond acceptors (Lipinski definition) is 5. The van der Waals surface area contributed by atoms with Crippen molar-refractivity contribution in [2.75, 3.05) is 0 Å². The minimum Gasteiger partial charge on any atom is -0.469 e. The zero-order valence-electron chi connectivity index (χ0n) is 10.4. The van der Waals surface area contributed by atoms with Gasteiger partial charge in [0, 0.05) is 0 Å². The van der Waals surface area contributed by atoms with Gasteiger partial charge in [-0.25, -0.2) is 0 Å². The van der Waals surface area contributed by atoms with Crippen LogP contribution in [-0.4, -0.2) is 10.1 Å². The predicted octanol–water partition coefficient (Wildman–Crippen LogP) is 2.61. The molecule has 0 amide bonds. The van der Waals surface area contributed by atoms with Crippen LogP contribution in [0.25, 0.3) is 11.4 Å². The van der Waals surface area contributed by atoms with Crippen molar-refractivity contribution in [3.05, 3.63) is 24.0 Å². The van der Waals surface area contributed by atoms with Gasteiger partial charge in [0.15, 0.2) is 0 Å². The molecule has 0 radical (unpaired) electrons. The molecule has 0 bridgehead atoms. The van der Waals surface area contributed by atoms with Gasteiger partial charge in [-0.15, -0.1) is 0 Å². The van der Waals surface area contributed by atoms with Gasteiger partial charge in [0.2, 0.25) is 11.7 Å². The first-order chi connectivity index (χ1) is 8.04. The molecule has 0 aliphatic carbocycles. The Morgan fingerprint density at radius 2 is 2.24 bits per heavy atom. The molecule has 2 heterocycles. The van der Waals surface area contributed by atoms with E-state index in [0.717, 1.165) is 24.2 Å². The molecule has 5 nitrogen and oxygen atoms in total. The fraction of sp³-hybridized carbons (Fsp3) is 0.500. The van der Waals surface area contributed by atoms with E-state index in [1.54, 1.807) is 6.26 Å². The molecule has 0 fully saturated rings. The first-order valence-corrected chi connectivity index (χ1v) is 5.72. The van der Waals surface area contributed by atoms with E-state index >= 15 is 0 Å². The predicted molar refractivity (Wildman–Crippen MR) is 63.2 cm³/mol. The van der Waals surface area contributed by atoms with E-state index in [0.29, 0.717) is 11.7 Å². The maximum absolute atomic E-state index is 6.13. The van der Waals surface area contributed by atoms with E-state index in [1.807, 2.05) is 19.9 Å². The summed E-state index contributed by atoms with van der Waals surface area (Å²) in [5, 5.41) is 3.94. The van der Waals surface area contributed by atoms with Crippen molar-refractivity contribution in [2.45, 2.75) is 39.2 Å². The van der Waals surface area contributed by atoms with Crippen LogP contribution >= 0.6 is 0 Å². The molecule has 0 aliphatic rings. The summed E-state index contributed by atoms with van der Waals surface area (Å²) < 4.78 is 10.4. The second kappa shape index (κ2) is 4.33. The van der Waals surface area contributed by atoms with Crippen LogP contribution in [0.15, 0.2) is 21.3 Å². The van der Waals surface area contributed by atoms with Crippen molar-refractivity contribution in [2.24, 2.45) is 5.73 Å². The van der Waals surface area contributed by atoms with E-state index in [-0.39, 0.29) is 0 Å². The summed E-state index contributed by atoms with van der Waals surface area (Å²) in [4.78, 5) is 4.34. The lowest BCUT2D eigenvalue weighted by molar-refractivity contribution is 0.284. The second-order valence-corrected chi connectivity index (χ2v) is 4.48. The van der Waals surface area contributed by atoms with Crippen LogP contribution in [0.3, 0.4) is 0 Å². The van der Waals surface area contributed by atoms with Crippen molar-refractivity contribution in [3.63, 3.8) is 0 Å². The summed E-state index contributed by atoms with van der Waals surface area (Å²) in [7, 11) is 0. The van der Waals surface area contributed by atoms with E-state index in [4.69, 9.17) is 14.7 Å². The van der Waals surface area contributed by atoms with Crippen molar-refractivity contribution in [3.8, 4) is 11.4 Å². The summed E-state index contributed by atoms with van der Waals surface area (Å²) in [6.07, 6.45) is 3.38. The zero-order valence-corrected chi connectivity index (χ0v) is 10.4. The summed E-state index contributed by atoms with van der Waals surface area (Å²) in [5.41, 5.74) is 6.40. The summed E-state index contributed by atoms with van der Waals surface area (Å²) in [6, 6.07) is 1.82. The molecule has 5 heteroatoms. The maximum Gasteiger partial charge on any atom is 0.246 e. The summed E-state index contributed by atoms with van der Waals surface area (Å²) in [6.45, 7) is 5.83. The molecule has 0 spiro atoms. The second-order valence-electron chi connectivity index (χ2n) is 4.48. The van der Waals surface area contributed by atoms with Gasteiger partial charge < -0.3 is 14.7 Å². The molecule has 92 valence electrons. The highest BCUT2D eigenvalue weighted by atomic mass is 16.5. The fourth-order valence-corrected chi connectivity index (χ4v) is 1.81. The molecule has 2 rings (SSSR count). The van der Waals surface area contributed by atoms with Crippen LogP contribution in [0.4, 0.5) is 0 Å². The number of rotatable bonds is 4. The van der Waals surface area contributed by atoms with Crippen molar-refractivity contribution < 1.29 is 8.94 Å². The Morgan fingerprint density at radius 1 is 1.47 bits per heavy atom. The molecule has 17 heavy (non-hydrogen) atoms. The Hall–Kier alpha value is -1.62. The molecule has 0 aliphatic heterocycles. The zero-order chi connectivity index (χ0) is 12.5. The molecular formula is C12H17N3O2. The summed E-state index contributed by atoms with van der Waals surface area (Å²) in [5.74, 6) is 1.76. The van der Waals surface area contributed by atoms with Gasteiger partial charge in [-0.1, -0.05) is 18.5 Å². The van der Waals surface area contributed by atoms with Crippen LogP contribution in [0.1, 0.15) is 38.3 Å². The van der Waals surface area contributed by atoms with E-state index < -0.39 is 5.54 Å². The van der Waals surface area contributed by atoms with E-state index in [9.17, 15) is 0 Å². The minimum atomic E-state index is -0.572. The molecule has 2 N–H and O–H groups in total. The largest absolute Gasteiger partial charge is 0.469 e. The van der Waals surface area contributed by atoms with Crippen LogP contribution in [0.2, 0.25) is 0 Å². The van der Waals surface area contributed by atoms with Gasteiger partial charge in [0.05, 0.1) is 17.4 Å².